The van der Waals surface area contributed by atoms with Gasteiger partial charge in [-0.1, -0.05) is 41.9 Å². The van der Waals surface area contributed by atoms with E-state index in [1.807, 2.05) is 59.5 Å². The molecule has 1 saturated heterocycles. The number of carbonyl (C=O) groups excluding carboxylic acids is 1. The van der Waals surface area contributed by atoms with E-state index in [0.717, 1.165) is 43.5 Å². The fourth-order valence-electron chi connectivity index (χ4n) is 2.76. The molecule has 0 atom stereocenters. The normalized spacial score (nSPS) is 13.7. The molecule has 1 aliphatic heterocycles. The Labute approximate surface area is 179 Å². The van der Waals surface area contributed by atoms with Crippen LogP contribution in [0.2, 0.25) is 5.02 Å². The first-order valence-corrected chi connectivity index (χ1v) is 9.61. The van der Waals surface area contributed by atoms with Crippen molar-refractivity contribution in [2.45, 2.75) is 6.54 Å². The van der Waals surface area contributed by atoms with E-state index in [1.165, 1.54) is 5.56 Å². The summed E-state index contributed by atoms with van der Waals surface area (Å²) in [6, 6.07) is 17.4. The summed E-state index contributed by atoms with van der Waals surface area (Å²) in [5.41, 5.74) is 1.24. The molecule has 2 N–H and O–H groups in total. The van der Waals surface area contributed by atoms with E-state index in [9.17, 15) is 4.79 Å². The largest absolute Gasteiger partial charge is 0.484 e. The van der Waals surface area contributed by atoms with Crippen LogP contribution in [0, 0.1) is 0 Å². The molecule has 2 aromatic carbocycles. The van der Waals surface area contributed by atoms with Gasteiger partial charge in [-0.3, -0.25) is 9.69 Å². The summed E-state index contributed by atoms with van der Waals surface area (Å²) < 4.78 is 5.54. The molecule has 0 unspecified atom stereocenters. The second kappa shape index (κ2) is 11.8. The number of benzene rings is 2. The minimum atomic E-state index is -1.82. The summed E-state index contributed by atoms with van der Waals surface area (Å²) in [6.45, 7) is 4.22. The van der Waals surface area contributed by atoms with Gasteiger partial charge < -0.3 is 19.8 Å². The van der Waals surface area contributed by atoms with Crippen LogP contribution in [-0.2, 0) is 20.9 Å². The number of halogens is 1. The van der Waals surface area contributed by atoms with Crippen LogP contribution in [0.3, 0.4) is 0 Å². The van der Waals surface area contributed by atoms with Crippen molar-refractivity contribution in [3.63, 3.8) is 0 Å². The van der Waals surface area contributed by atoms with Gasteiger partial charge in [0.05, 0.1) is 0 Å². The molecule has 0 aromatic heterocycles. The molecule has 9 heteroatoms. The van der Waals surface area contributed by atoms with Crippen molar-refractivity contribution in [3.05, 3.63) is 65.2 Å². The number of nitrogens with zero attached hydrogens (tertiary/aromatic N) is 2. The lowest BCUT2D eigenvalue weighted by Crippen LogP contribution is -2.49. The number of hydrogen-bond donors (Lipinski definition) is 2. The number of rotatable bonds is 5. The van der Waals surface area contributed by atoms with E-state index in [0.29, 0.717) is 0 Å². The SMILES string of the molecule is O=C(COc1ccccc1)N1CCN(Cc2ccc(Cl)cc2)CC1.O=C(O)C(=O)O. The highest BCUT2D eigenvalue weighted by Crippen LogP contribution is 2.13. The van der Waals surface area contributed by atoms with E-state index in [2.05, 4.69) is 4.90 Å². The standard InChI is InChI=1S/C19H21ClN2O2.C2H2O4/c20-17-8-6-16(7-9-17)14-21-10-12-22(13-11-21)19(23)15-24-18-4-2-1-3-5-18;3-1(4)2(5)6/h1-9H,10-15H2;(H,3,4)(H,5,6). The molecule has 0 saturated carbocycles. The third kappa shape index (κ3) is 8.10. The number of carboxylic acid groups (broad SMARTS) is 2. The van der Waals surface area contributed by atoms with E-state index in [4.69, 9.17) is 36.1 Å². The van der Waals surface area contributed by atoms with Crippen molar-refractivity contribution >= 4 is 29.4 Å². The van der Waals surface area contributed by atoms with Gasteiger partial charge in [0.15, 0.2) is 6.61 Å². The number of para-hydroxylation sites is 1. The van der Waals surface area contributed by atoms with Crippen LogP contribution in [0.5, 0.6) is 5.75 Å². The van der Waals surface area contributed by atoms with Crippen LogP contribution in [-0.4, -0.2) is 70.6 Å². The van der Waals surface area contributed by atoms with Crippen molar-refractivity contribution in [2.75, 3.05) is 32.8 Å². The Kier molecular flexibility index (Phi) is 9.11. The van der Waals surface area contributed by atoms with E-state index < -0.39 is 11.9 Å². The first-order chi connectivity index (χ1) is 14.3. The molecule has 0 bridgehead atoms. The molecule has 1 aliphatic rings. The molecule has 0 radical (unpaired) electrons. The third-order valence-corrected chi connectivity index (χ3v) is 4.58. The van der Waals surface area contributed by atoms with Gasteiger partial charge in [-0.25, -0.2) is 9.59 Å². The predicted molar refractivity (Wildman–Crippen MR) is 111 cm³/mol. The third-order valence-electron chi connectivity index (χ3n) is 4.33. The molecule has 3 rings (SSSR count). The average Bonchev–Trinajstić information content (AvgIpc) is 2.75. The molecular formula is C21H23ClN2O6. The zero-order valence-electron chi connectivity index (χ0n) is 16.2. The second-order valence-corrected chi connectivity index (χ2v) is 6.93. The van der Waals surface area contributed by atoms with Gasteiger partial charge in [0.2, 0.25) is 0 Å². The highest BCUT2D eigenvalue weighted by atomic mass is 35.5. The van der Waals surface area contributed by atoms with E-state index in [-0.39, 0.29) is 12.5 Å². The van der Waals surface area contributed by atoms with Crippen LogP contribution in [0.1, 0.15) is 5.56 Å². The zero-order valence-corrected chi connectivity index (χ0v) is 17.0. The smallest absolute Gasteiger partial charge is 0.414 e. The molecule has 0 spiro atoms. The van der Waals surface area contributed by atoms with Crippen LogP contribution in [0.25, 0.3) is 0 Å². The van der Waals surface area contributed by atoms with Crippen LogP contribution in [0.4, 0.5) is 0 Å². The molecule has 1 amide bonds. The Morgan fingerprint density at radius 1 is 0.867 bits per heavy atom. The quantitative estimate of drug-likeness (QED) is 0.694. The maximum atomic E-state index is 12.2. The lowest BCUT2D eigenvalue weighted by Gasteiger charge is -2.34. The minimum Gasteiger partial charge on any atom is -0.484 e. The van der Waals surface area contributed by atoms with E-state index in [1.54, 1.807) is 0 Å². The van der Waals surface area contributed by atoms with Gasteiger partial charge in [-0.05, 0) is 29.8 Å². The van der Waals surface area contributed by atoms with Gasteiger partial charge >= 0.3 is 11.9 Å². The monoisotopic (exact) mass is 434 g/mol. The Balaban J connectivity index is 0.000000469. The number of ether oxygens (including phenoxy) is 1. The topological polar surface area (TPSA) is 107 Å². The minimum absolute atomic E-state index is 0.0463. The van der Waals surface area contributed by atoms with Crippen molar-refractivity contribution in [1.29, 1.82) is 0 Å². The first kappa shape index (κ1) is 23.2. The highest BCUT2D eigenvalue weighted by Gasteiger charge is 2.21. The van der Waals surface area contributed by atoms with Crippen molar-refractivity contribution in [2.24, 2.45) is 0 Å². The molecule has 30 heavy (non-hydrogen) atoms. The van der Waals surface area contributed by atoms with Gasteiger partial charge in [0, 0.05) is 37.7 Å². The first-order valence-electron chi connectivity index (χ1n) is 9.24. The molecule has 8 nitrogen and oxygen atoms in total. The van der Waals surface area contributed by atoms with Crippen molar-refractivity contribution < 1.29 is 29.3 Å². The predicted octanol–water partition coefficient (Wildman–Crippen LogP) is 2.22. The number of aliphatic carboxylic acids is 2. The Morgan fingerprint density at radius 3 is 1.97 bits per heavy atom. The summed E-state index contributed by atoms with van der Waals surface area (Å²) in [4.78, 5) is 34.7. The Hall–Kier alpha value is -3.10. The number of carboxylic acids is 2. The molecule has 1 fully saturated rings. The molecule has 0 aliphatic carbocycles. The van der Waals surface area contributed by atoms with E-state index >= 15 is 0 Å². The summed E-state index contributed by atoms with van der Waals surface area (Å²) in [7, 11) is 0. The maximum absolute atomic E-state index is 12.2. The lowest BCUT2D eigenvalue weighted by atomic mass is 10.2. The van der Waals surface area contributed by atoms with Crippen LogP contribution >= 0.6 is 11.6 Å². The van der Waals surface area contributed by atoms with Crippen LogP contribution in [0.15, 0.2) is 54.6 Å². The van der Waals surface area contributed by atoms with Crippen LogP contribution < -0.4 is 4.74 Å². The second-order valence-electron chi connectivity index (χ2n) is 6.50. The van der Waals surface area contributed by atoms with Crippen molar-refractivity contribution in [3.8, 4) is 5.75 Å². The molecule has 1 heterocycles. The molecular weight excluding hydrogens is 412 g/mol. The summed E-state index contributed by atoms with van der Waals surface area (Å²) in [6.07, 6.45) is 0. The molecule has 2 aromatic rings. The summed E-state index contributed by atoms with van der Waals surface area (Å²) in [5.74, 6) is -2.87. The zero-order chi connectivity index (χ0) is 21.9. The summed E-state index contributed by atoms with van der Waals surface area (Å²) in [5, 5.41) is 15.5. The number of amides is 1. The lowest BCUT2D eigenvalue weighted by molar-refractivity contribution is -0.159. The molecule has 160 valence electrons. The number of hydrogen-bond acceptors (Lipinski definition) is 5. The van der Waals surface area contributed by atoms with Gasteiger partial charge in [0.1, 0.15) is 5.75 Å². The van der Waals surface area contributed by atoms with Gasteiger partial charge in [0.25, 0.3) is 5.91 Å². The highest BCUT2D eigenvalue weighted by molar-refractivity contribution is 6.30. The fraction of sp³-hybridized carbons (Fsp3) is 0.286. The van der Waals surface area contributed by atoms with Gasteiger partial charge in [-0.2, -0.15) is 0 Å². The average molecular weight is 435 g/mol. The van der Waals surface area contributed by atoms with Gasteiger partial charge in [-0.15, -0.1) is 0 Å². The van der Waals surface area contributed by atoms with Crippen molar-refractivity contribution in [1.82, 2.24) is 9.80 Å². The summed E-state index contributed by atoms with van der Waals surface area (Å²) >= 11 is 5.91. The Bertz CT molecular complexity index is 824. The maximum Gasteiger partial charge on any atom is 0.414 e. The fourth-order valence-corrected chi connectivity index (χ4v) is 2.88. The Morgan fingerprint density at radius 2 is 1.43 bits per heavy atom. The number of carbonyl (C=O) groups is 3. The number of piperazine rings is 1.